The lowest BCUT2D eigenvalue weighted by molar-refractivity contribution is -0.384. The van der Waals surface area contributed by atoms with Gasteiger partial charge < -0.3 is 9.64 Å². The first-order valence-electron chi connectivity index (χ1n) is 5.29. The van der Waals surface area contributed by atoms with Crippen molar-refractivity contribution in [1.82, 2.24) is 0 Å². The third-order valence-corrected chi connectivity index (χ3v) is 3.72. The molecule has 1 amide bonds. The van der Waals surface area contributed by atoms with Crippen LogP contribution in [0.4, 0.5) is 11.4 Å². The SMILES string of the molecule is COc1c(I)cc([N+](=O)[O-])c2c1CCN2C(C)=O. The second-order valence-electron chi connectivity index (χ2n) is 3.92. The van der Waals surface area contributed by atoms with Crippen molar-refractivity contribution >= 4 is 39.9 Å². The number of nitro benzene ring substituents is 1. The molecule has 2 rings (SSSR count). The van der Waals surface area contributed by atoms with Crippen LogP contribution in [0.2, 0.25) is 0 Å². The van der Waals surface area contributed by atoms with Crippen LogP contribution >= 0.6 is 22.6 Å². The number of benzene rings is 1. The number of carbonyl (C=O) groups is 1. The highest BCUT2D eigenvalue weighted by Crippen LogP contribution is 2.44. The van der Waals surface area contributed by atoms with Gasteiger partial charge in [-0.1, -0.05) is 0 Å². The van der Waals surface area contributed by atoms with Crippen LogP contribution in [-0.4, -0.2) is 24.5 Å². The monoisotopic (exact) mass is 362 g/mol. The third kappa shape index (κ3) is 1.92. The maximum atomic E-state index is 11.5. The summed E-state index contributed by atoms with van der Waals surface area (Å²) in [7, 11) is 1.53. The minimum Gasteiger partial charge on any atom is -0.495 e. The number of anilines is 1. The Morgan fingerprint density at radius 1 is 1.61 bits per heavy atom. The minimum atomic E-state index is -0.457. The van der Waals surface area contributed by atoms with E-state index < -0.39 is 4.92 Å². The van der Waals surface area contributed by atoms with Crippen LogP contribution in [-0.2, 0) is 11.2 Å². The zero-order valence-corrected chi connectivity index (χ0v) is 12.1. The number of ether oxygens (including phenoxy) is 1. The molecule has 0 aliphatic carbocycles. The average Bonchev–Trinajstić information content (AvgIpc) is 2.72. The van der Waals surface area contributed by atoms with Gasteiger partial charge >= 0.3 is 0 Å². The van der Waals surface area contributed by atoms with E-state index in [2.05, 4.69) is 0 Å². The molecule has 0 fully saturated rings. The van der Waals surface area contributed by atoms with Crippen LogP contribution in [0, 0.1) is 13.7 Å². The van der Waals surface area contributed by atoms with Crippen LogP contribution in [0.1, 0.15) is 12.5 Å². The molecule has 0 N–H and O–H groups in total. The number of hydrogen-bond donors (Lipinski definition) is 0. The first kappa shape index (κ1) is 13.1. The van der Waals surface area contributed by atoms with Crippen molar-refractivity contribution in [2.45, 2.75) is 13.3 Å². The Morgan fingerprint density at radius 3 is 2.78 bits per heavy atom. The Kier molecular flexibility index (Phi) is 3.42. The highest BCUT2D eigenvalue weighted by molar-refractivity contribution is 14.1. The Morgan fingerprint density at radius 2 is 2.28 bits per heavy atom. The highest BCUT2D eigenvalue weighted by Gasteiger charge is 2.34. The van der Waals surface area contributed by atoms with Gasteiger partial charge in [0.25, 0.3) is 5.69 Å². The maximum Gasteiger partial charge on any atom is 0.294 e. The smallest absolute Gasteiger partial charge is 0.294 e. The fourth-order valence-electron chi connectivity index (χ4n) is 2.20. The lowest BCUT2D eigenvalue weighted by Crippen LogP contribution is -2.26. The van der Waals surface area contributed by atoms with Gasteiger partial charge in [-0.15, -0.1) is 0 Å². The fraction of sp³-hybridized carbons (Fsp3) is 0.364. The number of carbonyl (C=O) groups excluding carboxylic acids is 1. The van der Waals surface area contributed by atoms with Crippen LogP contribution in [0.15, 0.2) is 6.07 Å². The van der Waals surface area contributed by atoms with Gasteiger partial charge in [0.1, 0.15) is 11.4 Å². The van der Waals surface area contributed by atoms with Crippen LogP contribution in [0.25, 0.3) is 0 Å². The van der Waals surface area contributed by atoms with E-state index in [-0.39, 0.29) is 11.6 Å². The number of rotatable bonds is 2. The van der Waals surface area contributed by atoms with Crippen molar-refractivity contribution in [2.24, 2.45) is 0 Å². The molecule has 0 radical (unpaired) electrons. The molecule has 0 aromatic heterocycles. The Labute approximate surface area is 117 Å². The molecular formula is C11H11IN2O4. The molecule has 1 aromatic rings. The molecule has 7 heteroatoms. The van der Waals surface area contributed by atoms with Gasteiger partial charge in [-0.25, -0.2) is 0 Å². The number of amides is 1. The van der Waals surface area contributed by atoms with Crippen LogP contribution in [0.3, 0.4) is 0 Å². The Bertz CT molecular complexity index is 544. The van der Waals surface area contributed by atoms with Gasteiger partial charge in [-0.3, -0.25) is 14.9 Å². The van der Waals surface area contributed by atoms with E-state index >= 15 is 0 Å². The summed E-state index contributed by atoms with van der Waals surface area (Å²) >= 11 is 2.00. The van der Waals surface area contributed by atoms with Gasteiger partial charge in [0, 0.05) is 25.1 Å². The van der Waals surface area contributed by atoms with E-state index in [0.29, 0.717) is 28.0 Å². The second-order valence-corrected chi connectivity index (χ2v) is 5.08. The van der Waals surface area contributed by atoms with Crippen molar-refractivity contribution in [2.75, 3.05) is 18.6 Å². The van der Waals surface area contributed by atoms with E-state index in [0.717, 1.165) is 5.56 Å². The predicted octanol–water partition coefficient (Wildman–Crippen LogP) is 2.12. The van der Waals surface area contributed by atoms with E-state index in [1.807, 2.05) is 22.6 Å². The quantitative estimate of drug-likeness (QED) is 0.459. The standard InChI is InChI=1S/C11H11IN2O4/c1-6(15)13-4-3-7-10(13)9(14(16)17)5-8(12)11(7)18-2/h5H,3-4H2,1-2H3. The minimum absolute atomic E-state index is 0.0390. The summed E-state index contributed by atoms with van der Waals surface area (Å²) in [6, 6.07) is 1.44. The third-order valence-electron chi connectivity index (χ3n) is 2.92. The molecule has 0 unspecified atom stereocenters. The Hall–Kier alpha value is -1.38. The first-order chi connectivity index (χ1) is 8.47. The number of nitrogens with zero attached hydrogens (tertiary/aromatic N) is 2. The molecule has 1 heterocycles. The predicted molar refractivity (Wildman–Crippen MR) is 74.1 cm³/mol. The molecule has 1 aromatic carbocycles. The number of fused-ring (bicyclic) bond motifs is 1. The van der Waals surface area contributed by atoms with E-state index in [1.54, 1.807) is 0 Å². The number of halogens is 1. The average molecular weight is 362 g/mol. The molecule has 18 heavy (non-hydrogen) atoms. The summed E-state index contributed by atoms with van der Waals surface area (Å²) in [4.78, 5) is 23.6. The molecule has 0 bridgehead atoms. The van der Waals surface area contributed by atoms with Crippen molar-refractivity contribution < 1.29 is 14.5 Å². The summed E-state index contributed by atoms with van der Waals surface area (Å²) < 4.78 is 5.97. The Balaban J connectivity index is 2.73. The maximum absolute atomic E-state index is 11.5. The van der Waals surface area contributed by atoms with Gasteiger partial charge in [-0.05, 0) is 29.0 Å². The molecule has 0 saturated carbocycles. The summed E-state index contributed by atoms with van der Waals surface area (Å²) in [6.45, 7) is 1.87. The number of nitro groups is 1. The van der Waals surface area contributed by atoms with Crippen LogP contribution in [0.5, 0.6) is 5.75 Å². The molecule has 6 nitrogen and oxygen atoms in total. The molecule has 1 aliphatic heterocycles. The molecular weight excluding hydrogens is 351 g/mol. The summed E-state index contributed by atoms with van der Waals surface area (Å²) in [6.07, 6.45) is 0.579. The van der Waals surface area contributed by atoms with Crippen molar-refractivity contribution in [1.29, 1.82) is 0 Å². The van der Waals surface area contributed by atoms with Gasteiger partial charge in [0.05, 0.1) is 15.6 Å². The zero-order valence-electron chi connectivity index (χ0n) is 9.90. The second kappa shape index (κ2) is 4.71. The summed E-state index contributed by atoms with van der Waals surface area (Å²) in [5, 5.41) is 11.1. The zero-order chi connectivity index (χ0) is 13.4. The molecule has 0 spiro atoms. The van der Waals surface area contributed by atoms with E-state index in [1.165, 1.54) is 25.0 Å². The molecule has 96 valence electrons. The largest absolute Gasteiger partial charge is 0.495 e. The van der Waals surface area contributed by atoms with Crippen molar-refractivity contribution in [3.05, 3.63) is 25.3 Å². The highest BCUT2D eigenvalue weighted by atomic mass is 127. The van der Waals surface area contributed by atoms with Crippen molar-refractivity contribution in [3.63, 3.8) is 0 Å². The number of hydrogen-bond acceptors (Lipinski definition) is 4. The molecule has 0 saturated heterocycles. The van der Waals surface area contributed by atoms with Gasteiger partial charge in [0.2, 0.25) is 5.91 Å². The first-order valence-corrected chi connectivity index (χ1v) is 6.37. The normalized spacial score (nSPS) is 13.4. The lowest BCUT2D eigenvalue weighted by Gasteiger charge is -2.16. The molecule has 0 atom stereocenters. The van der Waals surface area contributed by atoms with Crippen LogP contribution < -0.4 is 9.64 Å². The van der Waals surface area contributed by atoms with Crippen molar-refractivity contribution in [3.8, 4) is 5.75 Å². The fourth-order valence-corrected chi connectivity index (χ4v) is 3.04. The summed E-state index contributed by atoms with van der Waals surface area (Å²) in [5.74, 6) is 0.431. The topological polar surface area (TPSA) is 72.7 Å². The van der Waals surface area contributed by atoms with Gasteiger partial charge in [0.15, 0.2) is 0 Å². The summed E-state index contributed by atoms with van der Waals surface area (Å²) in [5.41, 5.74) is 1.08. The van der Waals surface area contributed by atoms with E-state index in [9.17, 15) is 14.9 Å². The lowest BCUT2D eigenvalue weighted by atomic mass is 10.1. The molecule has 1 aliphatic rings. The number of methoxy groups -OCH3 is 1. The van der Waals surface area contributed by atoms with E-state index in [4.69, 9.17) is 4.74 Å². The van der Waals surface area contributed by atoms with Gasteiger partial charge in [-0.2, -0.15) is 0 Å².